The smallest absolute Gasteiger partial charge is 0.224 e. The minimum absolute atomic E-state index is 0.309. The van der Waals surface area contributed by atoms with Crippen LogP contribution in [0, 0.1) is 5.41 Å². The molecule has 2 fully saturated rings. The fraction of sp³-hybridized carbons (Fsp3) is 0.600. The van der Waals surface area contributed by atoms with Gasteiger partial charge >= 0.3 is 0 Å². The molecule has 2 aliphatic rings. The Morgan fingerprint density at radius 3 is 2.80 bits per heavy atom. The first-order valence-electron chi connectivity index (χ1n) is 11.7. The maximum Gasteiger partial charge on any atom is 0.224 e. The molecule has 30 heavy (non-hydrogen) atoms. The van der Waals surface area contributed by atoms with Gasteiger partial charge < -0.3 is 14.4 Å². The van der Waals surface area contributed by atoms with Crippen LogP contribution in [-0.4, -0.2) is 58.0 Å². The number of piperidine rings is 1. The van der Waals surface area contributed by atoms with Gasteiger partial charge in [-0.05, 0) is 50.8 Å². The number of nitrogens with zero attached hydrogens (tertiary/aromatic N) is 4. The van der Waals surface area contributed by atoms with Crippen LogP contribution in [0.4, 0.5) is 0 Å². The highest BCUT2D eigenvalue weighted by atomic mass is 16.2. The normalized spacial score (nSPS) is 22.1. The van der Waals surface area contributed by atoms with Gasteiger partial charge in [-0.15, -0.1) is 0 Å². The highest BCUT2D eigenvalue weighted by Crippen LogP contribution is 2.39. The molecule has 0 radical (unpaired) electrons. The number of likely N-dealkylation sites (tertiary alicyclic amines) is 2. The van der Waals surface area contributed by atoms with E-state index in [0.29, 0.717) is 17.7 Å². The molecule has 5 nitrogen and oxygen atoms in total. The van der Waals surface area contributed by atoms with Crippen LogP contribution < -0.4 is 0 Å². The lowest BCUT2D eigenvalue weighted by Gasteiger charge is -2.40. The molecule has 3 heterocycles. The molecular weight excluding hydrogens is 372 g/mol. The largest absolute Gasteiger partial charge is 0.342 e. The van der Waals surface area contributed by atoms with Crippen molar-refractivity contribution in [3.8, 4) is 0 Å². The van der Waals surface area contributed by atoms with Crippen molar-refractivity contribution in [3.05, 3.63) is 54.1 Å². The van der Waals surface area contributed by atoms with Crippen molar-refractivity contribution in [1.29, 1.82) is 0 Å². The Bertz CT molecular complexity index is 818. The van der Waals surface area contributed by atoms with Gasteiger partial charge in [-0.2, -0.15) is 0 Å². The maximum absolute atomic E-state index is 12.9. The predicted molar refractivity (Wildman–Crippen MR) is 120 cm³/mol. The van der Waals surface area contributed by atoms with Gasteiger partial charge in [-0.1, -0.05) is 37.3 Å². The van der Waals surface area contributed by atoms with E-state index in [4.69, 9.17) is 0 Å². The Labute approximate surface area is 181 Å². The highest BCUT2D eigenvalue weighted by Gasteiger charge is 2.42. The zero-order valence-corrected chi connectivity index (χ0v) is 18.4. The standard InChI is InChI=1S/C25H36N4O/c1-2-23-26-14-19-28(23)17-11-24(30)29-18-13-25(21-29)12-7-16-27(20-25)15-6-10-22-8-4-3-5-9-22/h3-5,8-9,14,19H,2,6-7,10-13,15-18,20-21H2,1H3/t25-/m1/s1. The number of hydrogen-bond donors (Lipinski definition) is 0. The molecule has 162 valence electrons. The minimum atomic E-state index is 0.309. The summed E-state index contributed by atoms with van der Waals surface area (Å²) in [4.78, 5) is 22.0. The van der Waals surface area contributed by atoms with Gasteiger partial charge in [-0.25, -0.2) is 4.98 Å². The minimum Gasteiger partial charge on any atom is -0.342 e. The molecule has 0 unspecified atom stereocenters. The van der Waals surface area contributed by atoms with E-state index < -0.39 is 0 Å². The van der Waals surface area contributed by atoms with Crippen molar-refractivity contribution in [3.63, 3.8) is 0 Å². The lowest BCUT2D eigenvalue weighted by atomic mass is 9.79. The van der Waals surface area contributed by atoms with E-state index in [-0.39, 0.29) is 0 Å². The summed E-state index contributed by atoms with van der Waals surface area (Å²) in [5, 5.41) is 0. The number of rotatable bonds is 8. The number of carbonyl (C=O) groups excluding carboxylic acids is 1. The summed E-state index contributed by atoms with van der Waals surface area (Å²) in [6.07, 6.45) is 11.4. The Kier molecular flexibility index (Phi) is 6.88. The number of hydrogen-bond acceptors (Lipinski definition) is 3. The van der Waals surface area contributed by atoms with Gasteiger partial charge in [0.15, 0.2) is 0 Å². The lowest BCUT2D eigenvalue weighted by Crippen LogP contribution is -2.45. The Morgan fingerprint density at radius 1 is 1.10 bits per heavy atom. The van der Waals surface area contributed by atoms with Crippen molar-refractivity contribution < 1.29 is 4.79 Å². The van der Waals surface area contributed by atoms with Gasteiger partial charge in [-0.3, -0.25) is 4.79 Å². The molecule has 2 saturated heterocycles. The first-order valence-corrected chi connectivity index (χ1v) is 11.7. The van der Waals surface area contributed by atoms with Crippen LogP contribution in [0.1, 0.15) is 50.4 Å². The summed E-state index contributed by atoms with van der Waals surface area (Å²) in [5.74, 6) is 1.38. The summed E-state index contributed by atoms with van der Waals surface area (Å²) in [5.41, 5.74) is 1.76. The number of amides is 1. The van der Waals surface area contributed by atoms with Crippen LogP contribution in [0.5, 0.6) is 0 Å². The average Bonchev–Trinajstić information content (AvgIpc) is 3.40. The zero-order chi connectivity index (χ0) is 20.8. The van der Waals surface area contributed by atoms with E-state index >= 15 is 0 Å². The fourth-order valence-corrected chi connectivity index (χ4v) is 5.37. The Morgan fingerprint density at radius 2 is 1.97 bits per heavy atom. The molecule has 1 aromatic carbocycles. The van der Waals surface area contributed by atoms with Crippen LogP contribution >= 0.6 is 0 Å². The monoisotopic (exact) mass is 408 g/mol. The Hall–Kier alpha value is -2.14. The highest BCUT2D eigenvalue weighted by molar-refractivity contribution is 5.76. The third-order valence-corrected chi connectivity index (χ3v) is 7.00. The average molecular weight is 409 g/mol. The van der Waals surface area contributed by atoms with Gasteiger partial charge in [0.2, 0.25) is 5.91 Å². The topological polar surface area (TPSA) is 41.4 Å². The summed E-state index contributed by atoms with van der Waals surface area (Å²) < 4.78 is 2.12. The third kappa shape index (κ3) is 5.12. The number of aromatic nitrogens is 2. The molecule has 1 aromatic heterocycles. The molecule has 2 aliphatic heterocycles. The van der Waals surface area contributed by atoms with Crippen LogP contribution in [0.15, 0.2) is 42.7 Å². The lowest BCUT2D eigenvalue weighted by molar-refractivity contribution is -0.131. The van der Waals surface area contributed by atoms with Crippen LogP contribution in [0.3, 0.4) is 0 Å². The van der Waals surface area contributed by atoms with Crippen molar-refractivity contribution in [2.75, 3.05) is 32.7 Å². The SMILES string of the molecule is CCc1nccn1CCC(=O)N1CC[C@@]2(CCCN(CCCc3ccccc3)C2)C1. The van der Waals surface area contributed by atoms with Gasteiger partial charge in [0.25, 0.3) is 0 Å². The predicted octanol–water partition coefficient (Wildman–Crippen LogP) is 3.78. The summed E-state index contributed by atoms with van der Waals surface area (Å²) >= 11 is 0. The molecule has 0 N–H and O–H groups in total. The van der Waals surface area contributed by atoms with E-state index in [0.717, 1.165) is 44.8 Å². The second kappa shape index (κ2) is 9.78. The molecule has 1 amide bonds. The molecule has 4 rings (SSSR count). The maximum atomic E-state index is 12.9. The second-order valence-corrected chi connectivity index (χ2v) is 9.17. The van der Waals surface area contributed by atoms with Gasteiger partial charge in [0, 0.05) is 56.8 Å². The fourth-order valence-electron chi connectivity index (χ4n) is 5.37. The van der Waals surface area contributed by atoms with Crippen molar-refractivity contribution in [2.24, 2.45) is 5.41 Å². The van der Waals surface area contributed by atoms with E-state index in [9.17, 15) is 4.79 Å². The van der Waals surface area contributed by atoms with Crippen molar-refractivity contribution >= 4 is 5.91 Å². The molecule has 1 atom stereocenters. The first kappa shape index (κ1) is 21.1. The molecule has 0 aliphatic carbocycles. The number of carbonyl (C=O) groups is 1. The van der Waals surface area contributed by atoms with Crippen molar-refractivity contribution in [2.45, 2.75) is 58.4 Å². The van der Waals surface area contributed by atoms with E-state index in [1.807, 2.05) is 12.4 Å². The molecule has 0 saturated carbocycles. The number of aryl methyl sites for hydroxylation is 3. The molecular formula is C25H36N4O. The summed E-state index contributed by atoms with van der Waals surface area (Å²) in [7, 11) is 0. The van der Waals surface area contributed by atoms with Crippen molar-refractivity contribution in [1.82, 2.24) is 19.4 Å². The summed E-state index contributed by atoms with van der Waals surface area (Å²) in [6, 6.07) is 10.8. The summed E-state index contributed by atoms with van der Waals surface area (Å²) in [6.45, 7) is 8.28. The van der Waals surface area contributed by atoms with Gasteiger partial charge in [0.1, 0.15) is 5.82 Å². The molecule has 2 aromatic rings. The Balaban J connectivity index is 1.24. The molecule has 5 heteroatoms. The number of benzene rings is 1. The van der Waals surface area contributed by atoms with Crippen LogP contribution in [0.25, 0.3) is 0 Å². The molecule has 1 spiro atoms. The molecule has 0 bridgehead atoms. The van der Waals surface area contributed by atoms with Gasteiger partial charge in [0.05, 0.1) is 0 Å². The van der Waals surface area contributed by atoms with Crippen LogP contribution in [-0.2, 0) is 24.2 Å². The third-order valence-electron chi connectivity index (χ3n) is 7.00. The van der Waals surface area contributed by atoms with E-state index in [1.165, 1.54) is 44.3 Å². The first-order chi connectivity index (χ1) is 14.7. The van der Waals surface area contributed by atoms with E-state index in [1.54, 1.807) is 0 Å². The van der Waals surface area contributed by atoms with Crippen LogP contribution in [0.2, 0.25) is 0 Å². The number of imidazole rings is 1. The zero-order valence-electron chi connectivity index (χ0n) is 18.4. The van der Waals surface area contributed by atoms with E-state index in [2.05, 4.69) is 56.6 Å². The second-order valence-electron chi connectivity index (χ2n) is 9.17. The quantitative estimate of drug-likeness (QED) is 0.667.